The van der Waals surface area contributed by atoms with Gasteiger partial charge < -0.3 is 14.6 Å². The summed E-state index contributed by atoms with van der Waals surface area (Å²) in [6.45, 7) is 2.83. The Hall–Kier alpha value is -1.37. The quantitative estimate of drug-likeness (QED) is 0.865. The molecule has 5 nitrogen and oxygen atoms in total. The molecule has 0 saturated heterocycles. The molecule has 0 amide bonds. The van der Waals surface area contributed by atoms with E-state index in [0.717, 1.165) is 10.0 Å². The maximum Gasteiger partial charge on any atom is 0.130 e. The molecule has 0 aliphatic heterocycles. The Morgan fingerprint density at radius 1 is 1.38 bits per heavy atom. The summed E-state index contributed by atoms with van der Waals surface area (Å²) in [5, 5.41) is 15.3. The molecule has 2 rings (SSSR count). The van der Waals surface area contributed by atoms with Crippen LogP contribution in [0.2, 0.25) is 0 Å². The normalized spacial score (nSPS) is 14.0. The number of benzene rings is 1. The van der Waals surface area contributed by atoms with Gasteiger partial charge in [-0.3, -0.25) is 4.68 Å². The molecule has 114 valence electrons. The highest BCUT2D eigenvalue weighted by Crippen LogP contribution is 2.35. The second-order valence-corrected chi connectivity index (χ2v) is 5.72. The number of aromatic nitrogens is 2. The summed E-state index contributed by atoms with van der Waals surface area (Å²) in [6, 6.07) is 7.38. The Morgan fingerprint density at radius 2 is 2.14 bits per heavy atom. The Bertz CT molecular complexity index is 611. The van der Waals surface area contributed by atoms with Crippen molar-refractivity contribution in [3.05, 3.63) is 46.2 Å². The smallest absolute Gasteiger partial charge is 0.130 e. The first-order valence-electron chi connectivity index (χ1n) is 6.58. The van der Waals surface area contributed by atoms with Crippen LogP contribution in [-0.2, 0) is 16.9 Å². The number of ether oxygens (including phenoxy) is 2. The van der Waals surface area contributed by atoms with Crippen molar-refractivity contribution >= 4 is 15.9 Å². The van der Waals surface area contributed by atoms with Crippen molar-refractivity contribution in [1.29, 1.82) is 0 Å². The highest BCUT2D eigenvalue weighted by atomic mass is 79.9. The van der Waals surface area contributed by atoms with Gasteiger partial charge in [0.25, 0.3) is 0 Å². The zero-order valence-electron chi connectivity index (χ0n) is 12.3. The summed E-state index contributed by atoms with van der Waals surface area (Å²) in [7, 11) is 3.24. The van der Waals surface area contributed by atoms with Crippen molar-refractivity contribution in [3.63, 3.8) is 0 Å². The van der Waals surface area contributed by atoms with Gasteiger partial charge >= 0.3 is 0 Å². The van der Waals surface area contributed by atoms with Gasteiger partial charge in [0, 0.05) is 7.11 Å². The Kier molecular flexibility index (Phi) is 5.03. The standard InChI is InChI=1S/C15H19BrN2O3/c1-15(19,11-5-4-6-12(9-11)21-3)14-13(16)10-17-18(14)7-8-20-2/h4-6,9-10,19H,7-8H2,1-3H3. The third-order valence-corrected chi connectivity index (χ3v) is 3.98. The van der Waals surface area contributed by atoms with Crippen LogP contribution >= 0.6 is 15.9 Å². The van der Waals surface area contributed by atoms with Gasteiger partial charge in [0.05, 0.1) is 36.6 Å². The van der Waals surface area contributed by atoms with E-state index >= 15 is 0 Å². The average molecular weight is 355 g/mol. The molecular formula is C15H19BrN2O3. The zero-order valence-corrected chi connectivity index (χ0v) is 13.9. The van der Waals surface area contributed by atoms with Gasteiger partial charge in [0.2, 0.25) is 0 Å². The highest BCUT2D eigenvalue weighted by molar-refractivity contribution is 9.10. The minimum Gasteiger partial charge on any atom is -0.497 e. The summed E-state index contributed by atoms with van der Waals surface area (Å²) in [6.07, 6.45) is 1.68. The Morgan fingerprint density at radius 3 is 2.81 bits per heavy atom. The lowest BCUT2D eigenvalue weighted by atomic mass is 9.92. The van der Waals surface area contributed by atoms with Crippen LogP contribution in [0, 0.1) is 0 Å². The lowest BCUT2D eigenvalue weighted by molar-refractivity contribution is 0.0872. The third kappa shape index (κ3) is 3.28. The van der Waals surface area contributed by atoms with E-state index in [4.69, 9.17) is 9.47 Å². The maximum atomic E-state index is 11.0. The van der Waals surface area contributed by atoms with Crippen LogP contribution in [0.25, 0.3) is 0 Å². The third-order valence-electron chi connectivity index (χ3n) is 3.39. The first-order chi connectivity index (χ1) is 10.0. The molecule has 1 atom stereocenters. The van der Waals surface area contributed by atoms with E-state index in [1.54, 1.807) is 32.0 Å². The van der Waals surface area contributed by atoms with Crippen molar-refractivity contribution in [1.82, 2.24) is 9.78 Å². The molecule has 2 aromatic rings. The first kappa shape index (κ1) is 16.0. The van der Waals surface area contributed by atoms with Crippen LogP contribution in [-0.4, -0.2) is 35.7 Å². The summed E-state index contributed by atoms with van der Waals surface area (Å²) in [5.74, 6) is 0.701. The van der Waals surface area contributed by atoms with Crippen molar-refractivity contribution < 1.29 is 14.6 Å². The Labute approximate surface area is 132 Å². The molecular weight excluding hydrogens is 336 g/mol. The summed E-state index contributed by atoms with van der Waals surface area (Å²) in [4.78, 5) is 0. The van der Waals surface area contributed by atoms with E-state index in [0.29, 0.717) is 24.6 Å². The van der Waals surface area contributed by atoms with E-state index in [1.807, 2.05) is 24.3 Å². The fourth-order valence-electron chi connectivity index (χ4n) is 2.26. The molecule has 1 aromatic heterocycles. The predicted octanol–water partition coefficient (Wildman–Crippen LogP) is 2.56. The van der Waals surface area contributed by atoms with Crippen LogP contribution in [0.5, 0.6) is 5.75 Å². The van der Waals surface area contributed by atoms with Gasteiger partial charge in [-0.2, -0.15) is 5.10 Å². The molecule has 1 heterocycles. The average Bonchev–Trinajstić information content (AvgIpc) is 2.86. The molecule has 0 saturated carbocycles. The minimum absolute atomic E-state index is 0.523. The van der Waals surface area contributed by atoms with Crippen LogP contribution in [0.4, 0.5) is 0 Å². The molecule has 0 fully saturated rings. The molecule has 0 aliphatic carbocycles. The Balaban J connectivity index is 2.44. The van der Waals surface area contributed by atoms with Crippen LogP contribution < -0.4 is 4.74 Å². The number of hydrogen-bond acceptors (Lipinski definition) is 4. The lowest BCUT2D eigenvalue weighted by Gasteiger charge is -2.26. The van der Waals surface area contributed by atoms with Crippen LogP contribution in [0.3, 0.4) is 0 Å². The van der Waals surface area contributed by atoms with E-state index < -0.39 is 5.60 Å². The molecule has 0 spiro atoms. The fourth-order valence-corrected chi connectivity index (χ4v) is 2.94. The summed E-state index contributed by atoms with van der Waals surface area (Å²) >= 11 is 3.46. The molecule has 0 radical (unpaired) electrons. The van der Waals surface area contributed by atoms with Gasteiger partial charge in [-0.15, -0.1) is 0 Å². The minimum atomic E-state index is -1.20. The largest absolute Gasteiger partial charge is 0.497 e. The van der Waals surface area contributed by atoms with Gasteiger partial charge in [-0.05, 0) is 40.5 Å². The molecule has 1 aromatic carbocycles. The van der Waals surface area contributed by atoms with E-state index in [-0.39, 0.29) is 0 Å². The molecule has 21 heavy (non-hydrogen) atoms. The van der Waals surface area contributed by atoms with Crippen LogP contribution in [0.1, 0.15) is 18.2 Å². The summed E-state index contributed by atoms with van der Waals surface area (Å²) in [5.41, 5.74) is 0.229. The van der Waals surface area contributed by atoms with Crippen molar-refractivity contribution in [3.8, 4) is 5.75 Å². The number of methoxy groups -OCH3 is 2. The van der Waals surface area contributed by atoms with Crippen molar-refractivity contribution in [2.24, 2.45) is 0 Å². The molecule has 6 heteroatoms. The van der Waals surface area contributed by atoms with E-state index in [2.05, 4.69) is 21.0 Å². The fraction of sp³-hybridized carbons (Fsp3) is 0.400. The van der Waals surface area contributed by atoms with Crippen LogP contribution in [0.15, 0.2) is 34.9 Å². The van der Waals surface area contributed by atoms with Gasteiger partial charge in [-0.25, -0.2) is 0 Å². The first-order valence-corrected chi connectivity index (χ1v) is 7.37. The summed E-state index contributed by atoms with van der Waals surface area (Å²) < 4.78 is 12.8. The molecule has 0 aliphatic rings. The lowest BCUT2D eigenvalue weighted by Crippen LogP contribution is -2.28. The van der Waals surface area contributed by atoms with Gasteiger partial charge in [0.15, 0.2) is 0 Å². The number of rotatable bonds is 6. The predicted molar refractivity (Wildman–Crippen MR) is 83.5 cm³/mol. The number of halogens is 1. The second-order valence-electron chi connectivity index (χ2n) is 4.86. The highest BCUT2D eigenvalue weighted by Gasteiger charge is 2.32. The number of hydrogen-bond donors (Lipinski definition) is 1. The zero-order chi connectivity index (χ0) is 15.5. The molecule has 0 bridgehead atoms. The SMILES string of the molecule is COCCn1ncc(Br)c1C(C)(O)c1cccc(OC)c1. The monoisotopic (exact) mass is 354 g/mol. The maximum absolute atomic E-state index is 11.0. The van der Waals surface area contributed by atoms with Gasteiger partial charge in [0.1, 0.15) is 11.4 Å². The van der Waals surface area contributed by atoms with E-state index in [9.17, 15) is 5.11 Å². The number of nitrogens with zero attached hydrogens (tertiary/aromatic N) is 2. The number of aliphatic hydroxyl groups is 1. The van der Waals surface area contributed by atoms with Crippen molar-refractivity contribution in [2.75, 3.05) is 20.8 Å². The van der Waals surface area contributed by atoms with Gasteiger partial charge in [-0.1, -0.05) is 12.1 Å². The molecule has 1 unspecified atom stereocenters. The molecule has 1 N–H and O–H groups in total. The topological polar surface area (TPSA) is 56.5 Å². The van der Waals surface area contributed by atoms with E-state index in [1.165, 1.54) is 0 Å². The van der Waals surface area contributed by atoms with Crippen molar-refractivity contribution in [2.45, 2.75) is 19.1 Å². The second kappa shape index (κ2) is 6.60.